The molecule has 0 spiro atoms. The minimum atomic E-state index is 0. The van der Waals surface area contributed by atoms with E-state index in [1.54, 1.807) is 13.2 Å². The summed E-state index contributed by atoms with van der Waals surface area (Å²) in [6.07, 6.45) is 10.2. The Hall–Kier alpha value is -1.57. The highest BCUT2D eigenvalue weighted by molar-refractivity contribution is 5.93. The minimum Gasteiger partial charge on any atom is -0.497 e. The number of benzene rings is 1. The fraction of sp³-hybridized carbons (Fsp3) is 0.550. The molecule has 1 aromatic rings. The molecule has 0 aliphatic rings. The molecule has 124 valence electrons. The first-order chi connectivity index (χ1) is 10.2. The Balaban J connectivity index is 0.00000441. The number of allylic oxidation sites excluding steroid dienone is 1. The van der Waals surface area contributed by atoms with Crippen molar-refractivity contribution in [1.29, 1.82) is 0 Å². The van der Waals surface area contributed by atoms with E-state index in [2.05, 4.69) is 13.8 Å². The molecule has 0 saturated heterocycles. The van der Waals surface area contributed by atoms with E-state index >= 15 is 0 Å². The lowest BCUT2D eigenvalue weighted by atomic mass is 9.93. The highest BCUT2D eigenvalue weighted by Crippen LogP contribution is 2.19. The fourth-order valence-electron chi connectivity index (χ4n) is 2.38. The minimum absolute atomic E-state index is 0. The summed E-state index contributed by atoms with van der Waals surface area (Å²) in [4.78, 5) is 11.9. The van der Waals surface area contributed by atoms with Crippen molar-refractivity contribution in [2.24, 2.45) is 5.92 Å². The fourth-order valence-corrected chi connectivity index (χ4v) is 2.38. The van der Waals surface area contributed by atoms with Crippen LogP contribution in [0.1, 0.15) is 65.4 Å². The molecule has 0 saturated carbocycles. The molecule has 2 nitrogen and oxygen atoms in total. The second-order valence-electron chi connectivity index (χ2n) is 5.53. The molecule has 1 aromatic carbocycles. The highest BCUT2D eigenvalue weighted by Gasteiger charge is 2.07. The summed E-state index contributed by atoms with van der Waals surface area (Å²) in [5.41, 5.74) is 1.03. The Labute approximate surface area is 136 Å². The number of unbranched alkanes of at least 4 members (excludes halogenated alkanes) is 1. The van der Waals surface area contributed by atoms with Crippen molar-refractivity contribution in [1.82, 2.24) is 0 Å². The molecule has 1 rings (SSSR count). The Morgan fingerprint density at radius 3 is 2.41 bits per heavy atom. The van der Waals surface area contributed by atoms with Crippen molar-refractivity contribution in [3.8, 4) is 5.75 Å². The SMILES string of the molecule is C.CCCCC(CC)CCC(=O)/C=C/c1ccc(OC)cc1. The van der Waals surface area contributed by atoms with Crippen molar-refractivity contribution in [3.63, 3.8) is 0 Å². The average Bonchev–Trinajstić information content (AvgIpc) is 2.53. The van der Waals surface area contributed by atoms with Gasteiger partial charge in [-0.3, -0.25) is 4.79 Å². The average molecular weight is 304 g/mol. The van der Waals surface area contributed by atoms with Gasteiger partial charge in [-0.05, 0) is 36.1 Å². The summed E-state index contributed by atoms with van der Waals surface area (Å²) < 4.78 is 5.11. The van der Waals surface area contributed by atoms with E-state index in [1.165, 1.54) is 25.7 Å². The lowest BCUT2D eigenvalue weighted by molar-refractivity contribution is -0.114. The monoisotopic (exact) mass is 304 g/mol. The number of hydrogen-bond acceptors (Lipinski definition) is 2. The molecule has 22 heavy (non-hydrogen) atoms. The summed E-state index contributed by atoms with van der Waals surface area (Å²) in [6, 6.07) is 7.72. The number of hydrogen-bond donors (Lipinski definition) is 0. The molecular formula is C20H32O2. The smallest absolute Gasteiger partial charge is 0.155 e. The van der Waals surface area contributed by atoms with Gasteiger partial charge >= 0.3 is 0 Å². The van der Waals surface area contributed by atoms with E-state index in [-0.39, 0.29) is 13.2 Å². The van der Waals surface area contributed by atoms with Crippen LogP contribution in [0.15, 0.2) is 30.3 Å². The van der Waals surface area contributed by atoms with E-state index in [1.807, 2.05) is 30.3 Å². The first kappa shape index (κ1) is 20.4. The van der Waals surface area contributed by atoms with Gasteiger partial charge in [0.1, 0.15) is 5.75 Å². The van der Waals surface area contributed by atoms with Crippen LogP contribution in [0.4, 0.5) is 0 Å². The van der Waals surface area contributed by atoms with E-state index in [4.69, 9.17) is 4.74 Å². The summed E-state index contributed by atoms with van der Waals surface area (Å²) in [5, 5.41) is 0. The molecule has 0 amide bonds. The van der Waals surface area contributed by atoms with Gasteiger partial charge in [0.2, 0.25) is 0 Å². The van der Waals surface area contributed by atoms with Gasteiger partial charge in [-0.1, -0.05) is 65.2 Å². The van der Waals surface area contributed by atoms with Crippen LogP contribution >= 0.6 is 0 Å². The van der Waals surface area contributed by atoms with Gasteiger partial charge in [0, 0.05) is 6.42 Å². The van der Waals surface area contributed by atoms with Crippen LogP contribution in [0.2, 0.25) is 0 Å². The second-order valence-corrected chi connectivity index (χ2v) is 5.53. The lowest BCUT2D eigenvalue weighted by Gasteiger charge is -2.12. The van der Waals surface area contributed by atoms with Crippen LogP contribution in [-0.2, 0) is 4.79 Å². The Morgan fingerprint density at radius 1 is 1.18 bits per heavy atom. The predicted molar refractivity (Wildman–Crippen MR) is 96.3 cm³/mol. The van der Waals surface area contributed by atoms with Crippen LogP contribution in [0.25, 0.3) is 6.08 Å². The van der Waals surface area contributed by atoms with Crippen LogP contribution in [0.3, 0.4) is 0 Å². The molecule has 0 bridgehead atoms. The van der Waals surface area contributed by atoms with E-state index in [9.17, 15) is 4.79 Å². The van der Waals surface area contributed by atoms with Crippen molar-refractivity contribution >= 4 is 11.9 Å². The first-order valence-corrected chi connectivity index (χ1v) is 8.04. The largest absolute Gasteiger partial charge is 0.497 e. The molecular weight excluding hydrogens is 272 g/mol. The number of rotatable bonds is 10. The molecule has 0 N–H and O–H groups in total. The standard InChI is InChI=1S/C19H28O2.CH4/c1-4-6-7-16(5-2)8-12-18(20)13-9-17-10-14-19(21-3)15-11-17;/h9-11,13-16H,4-8,12H2,1-3H3;1H4/b13-9+;. The van der Waals surface area contributed by atoms with Crippen molar-refractivity contribution in [2.45, 2.75) is 59.8 Å². The Bertz CT molecular complexity index is 432. The Kier molecular flexibility index (Phi) is 11.2. The highest BCUT2D eigenvalue weighted by atomic mass is 16.5. The third-order valence-corrected chi connectivity index (χ3v) is 3.92. The number of carbonyl (C=O) groups excluding carboxylic acids is 1. The molecule has 0 aliphatic carbocycles. The number of methoxy groups -OCH3 is 1. The van der Waals surface area contributed by atoms with Gasteiger partial charge in [-0.25, -0.2) is 0 Å². The zero-order valence-corrected chi connectivity index (χ0v) is 13.6. The van der Waals surface area contributed by atoms with E-state index < -0.39 is 0 Å². The number of ketones is 1. The van der Waals surface area contributed by atoms with Crippen molar-refractivity contribution in [2.75, 3.05) is 7.11 Å². The quantitative estimate of drug-likeness (QED) is 0.502. The summed E-state index contributed by atoms with van der Waals surface area (Å²) in [6.45, 7) is 4.44. The maximum absolute atomic E-state index is 11.9. The van der Waals surface area contributed by atoms with E-state index in [0.29, 0.717) is 12.3 Å². The second kappa shape index (κ2) is 12.0. The maximum Gasteiger partial charge on any atom is 0.155 e. The molecule has 0 aromatic heterocycles. The molecule has 0 radical (unpaired) electrons. The molecule has 1 atom stereocenters. The van der Waals surface area contributed by atoms with Crippen LogP contribution in [0, 0.1) is 5.92 Å². The zero-order chi connectivity index (χ0) is 15.5. The van der Waals surface area contributed by atoms with Crippen molar-refractivity contribution < 1.29 is 9.53 Å². The summed E-state index contributed by atoms with van der Waals surface area (Å²) in [7, 11) is 1.65. The topological polar surface area (TPSA) is 26.3 Å². The number of carbonyl (C=O) groups is 1. The van der Waals surface area contributed by atoms with Gasteiger partial charge in [0.15, 0.2) is 5.78 Å². The van der Waals surface area contributed by atoms with Crippen LogP contribution in [-0.4, -0.2) is 12.9 Å². The zero-order valence-electron chi connectivity index (χ0n) is 13.6. The first-order valence-electron chi connectivity index (χ1n) is 8.04. The van der Waals surface area contributed by atoms with Crippen LogP contribution in [0.5, 0.6) is 5.75 Å². The molecule has 0 aliphatic heterocycles. The summed E-state index contributed by atoms with van der Waals surface area (Å²) >= 11 is 0. The van der Waals surface area contributed by atoms with Crippen LogP contribution < -0.4 is 4.74 Å². The lowest BCUT2D eigenvalue weighted by Crippen LogP contribution is -2.02. The molecule has 1 unspecified atom stereocenters. The summed E-state index contributed by atoms with van der Waals surface area (Å²) in [5.74, 6) is 1.75. The van der Waals surface area contributed by atoms with Gasteiger partial charge < -0.3 is 4.74 Å². The van der Waals surface area contributed by atoms with Gasteiger partial charge in [0.25, 0.3) is 0 Å². The predicted octanol–water partition coefficient (Wildman–Crippen LogP) is 5.91. The van der Waals surface area contributed by atoms with E-state index in [0.717, 1.165) is 17.7 Å². The van der Waals surface area contributed by atoms with Crippen molar-refractivity contribution in [3.05, 3.63) is 35.9 Å². The van der Waals surface area contributed by atoms with Gasteiger partial charge in [-0.15, -0.1) is 0 Å². The van der Waals surface area contributed by atoms with Gasteiger partial charge in [0.05, 0.1) is 7.11 Å². The third kappa shape index (κ3) is 8.02. The third-order valence-electron chi connectivity index (χ3n) is 3.92. The Morgan fingerprint density at radius 2 is 1.86 bits per heavy atom. The normalized spacial score (nSPS) is 12.0. The molecule has 0 fully saturated rings. The number of ether oxygens (including phenoxy) is 1. The molecule has 2 heteroatoms. The molecule has 0 heterocycles. The van der Waals surface area contributed by atoms with Gasteiger partial charge in [-0.2, -0.15) is 0 Å². The maximum atomic E-state index is 11.9.